The van der Waals surface area contributed by atoms with E-state index in [4.69, 9.17) is 9.15 Å². The molecule has 0 unspecified atom stereocenters. The van der Waals surface area contributed by atoms with Gasteiger partial charge in [-0.1, -0.05) is 36.4 Å². The fraction of sp³-hybridized carbons (Fsp3) is 0.231. The smallest absolute Gasteiger partial charge is 0.336 e. The lowest BCUT2D eigenvalue weighted by atomic mass is 9.82. The first-order valence-electron chi connectivity index (χ1n) is 15.7. The van der Waals surface area contributed by atoms with Gasteiger partial charge in [-0.25, -0.2) is 9.37 Å². The molecule has 4 aromatic rings. The molecule has 0 saturated carbocycles. The molecule has 3 aromatic carbocycles. The van der Waals surface area contributed by atoms with Crippen molar-refractivity contribution >= 4 is 39.4 Å². The quantitative estimate of drug-likeness (QED) is 0.197. The molecule has 1 aromatic heterocycles. The maximum Gasteiger partial charge on any atom is 0.336 e. The average Bonchev–Trinajstić information content (AvgIpc) is 3.34. The molecule has 0 fully saturated rings. The number of methoxy groups -OCH3 is 1. The van der Waals surface area contributed by atoms with Crippen LogP contribution in [0.2, 0.25) is 0 Å². The molecule has 0 atom stereocenters. The Balaban J connectivity index is 1.53. The second kappa shape index (κ2) is 11.4. The summed E-state index contributed by atoms with van der Waals surface area (Å²) < 4.78 is 17.3. The molecule has 6 nitrogen and oxygen atoms in total. The number of nitrogens with zero attached hydrogens (tertiary/aromatic N) is 2. The van der Waals surface area contributed by atoms with Gasteiger partial charge in [0.05, 0.1) is 24.3 Å². The second-order valence-corrected chi connectivity index (χ2v) is 11.7. The van der Waals surface area contributed by atoms with Crippen LogP contribution in [-0.2, 0) is 13.5 Å². The predicted octanol–water partition coefficient (Wildman–Crippen LogP) is 8.09. The van der Waals surface area contributed by atoms with E-state index in [0.29, 0.717) is 11.1 Å². The monoisotopic (exact) mass is 597 g/mol. The molecule has 0 bridgehead atoms. The highest BCUT2D eigenvalue weighted by molar-refractivity contribution is 6.09. The molecule has 0 amide bonds. The Morgan fingerprint density at radius 2 is 1.71 bits per heavy atom. The van der Waals surface area contributed by atoms with Gasteiger partial charge in [0, 0.05) is 57.7 Å². The summed E-state index contributed by atoms with van der Waals surface area (Å²) >= 11 is 0. The Morgan fingerprint density at radius 3 is 2.49 bits per heavy atom. The Morgan fingerprint density at radius 1 is 0.933 bits per heavy atom. The Hall–Kier alpha value is -5.10. The molecular weight excluding hydrogens is 560 g/mol. The minimum Gasteiger partial charge on any atom is -0.496 e. The highest BCUT2D eigenvalue weighted by Gasteiger charge is 2.29. The molecule has 1 aliphatic heterocycles. The molecule has 6 heteroatoms. The topological polar surface area (TPSA) is 67.6 Å². The van der Waals surface area contributed by atoms with E-state index >= 15 is 0 Å². The van der Waals surface area contributed by atoms with Gasteiger partial charge in [0.25, 0.3) is 0 Å². The van der Waals surface area contributed by atoms with Crippen LogP contribution < -0.4 is 14.7 Å². The van der Waals surface area contributed by atoms with Crippen LogP contribution in [0.15, 0.2) is 83.3 Å². The molecule has 1 N–H and O–H groups in total. The third kappa shape index (κ3) is 4.72. The van der Waals surface area contributed by atoms with E-state index in [1.54, 1.807) is 19.2 Å². The number of hydrogen-bond acceptors (Lipinski definition) is 3. The highest BCUT2D eigenvalue weighted by Crippen LogP contribution is 2.46. The summed E-state index contributed by atoms with van der Waals surface area (Å²) in [5.41, 5.74) is 8.29. The number of ether oxygens (including phenoxy) is 1. The molecule has 2 heterocycles. The molecule has 226 valence electrons. The number of carboxylic acid groups (broad SMARTS) is 1. The van der Waals surface area contributed by atoms with Gasteiger partial charge < -0.3 is 18.8 Å². The number of rotatable bonds is 6. The van der Waals surface area contributed by atoms with Gasteiger partial charge in [0.2, 0.25) is 5.36 Å². The maximum absolute atomic E-state index is 12.4. The van der Waals surface area contributed by atoms with Crippen molar-refractivity contribution in [3.63, 3.8) is 0 Å². The summed E-state index contributed by atoms with van der Waals surface area (Å²) in [5, 5.41) is 13.7. The van der Waals surface area contributed by atoms with Crippen molar-refractivity contribution in [2.75, 3.05) is 20.2 Å². The van der Waals surface area contributed by atoms with E-state index in [2.05, 4.69) is 90.7 Å². The Labute approximate surface area is 262 Å². The standard InChI is InChI=1S/C39H36N2O4/c1-5-41(6-2)26-18-19-30-36(22-26)45-38-24(12-11-16-31(38)37(30)28-14-7-8-15-29(28)39(42)43)20-25-21-32-27-13-9-10-17-33(27)40(3)34(32)23-35(25)44-4/h7-10,13-15,17-23H,5-6,11-12,16H2,1-4H3/p+1. The zero-order valence-electron chi connectivity index (χ0n) is 26.2. The number of carboxylic acids is 1. The number of aromatic carboxylic acids is 1. The first-order chi connectivity index (χ1) is 21.9. The summed E-state index contributed by atoms with van der Waals surface area (Å²) in [5.74, 6) is 1.43. The Bertz CT molecular complexity index is 2190. The van der Waals surface area contributed by atoms with Crippen molar-refractivity contribution in [3.8, 4) is 28.2 Å². The van der Waals surface area contributed by atoms with E-state index < -0.39 is 5.97 Å². The summed E-state index contributed by atoms with van der Waals surface area (Å²) in [6.45, 7) is 6.05. The molecule has 7 rings (SSSR count). The van der Waals surface area contributed by atoms with Crippen LogP contribution in [0.4, 0.5) is 0 Å². The third-order valence-corrected chi connectivity index (χ3v) is 9.34. The fourth-order valence-electron chi connectivity index (χ4n) is 7.12. The predicted molar refractivity (Wildman–Crippen MR) is 182 cm³/mol. The van der Waals surface area contributed by atoms with Gasteiger partial charge in [-0.2, -0.15) is 0 Å². The third-order valence-electron chi connectivity index (χ3n) is 9.34. The molecule has 2 aliphatic carbocycles. The van der Waals surface area contributed by atoms with Gasteiger partial charge in [0.1, 0.15) is 30.4 Å². The fourth-order valence-corrected chi connectivity index (χ4v) is 7.12. The van der Waals surface area contributed by atoms with E-state index in [0.717, 1.165) is 88.3 Å². The minimum atomic E-state index is -0.937. The lowest BCUT2D eigenvalue weighted by molar-refractivity contribution is 0.0697. The Kier molecular flexibility index (Phi) is 7.28. The van der Waals surface area contributed by atoms with Crippen molar-refractivity contribution in [2.24, 2.45) is 7.05 Å². The molecular formula is C39H37N2O4+. The number of carbonyl (C=O) groups is 1. The number of fused-ring (bicyclic) bond motifs is 5. The number of aryl methyl sites for hydroxylation is 1. The molecule has 0 radical (unpaired) electrons. The highest BCUT2D eigenvalue weighted by atomic mass is 16.5. The van der Waals surface area contributed by atoms with Gasteiger partial charge in [-0.15, -0.1) is 0 Å². The van der Waals surface area contributed by atoms with Crippen molar-refractivity contribution in [3.05, 3.63) is 107 Å². The normalized spacial score (nSPS) is 13.9. The second-order valence-electron chi connectivity index (χ2n) is 11.7. The summed E-state index contributed by atoms with van der Waals surface area (Å²) in [7, 11) is 3.81. The van der Waals surface area contributed by atoms with E-state index in [9.17, 15) is 9.90 Å². The SMILES string of the molecule is CC[N+](CC)=c1ccc2c(-c3ccccc3C(=O)O)c3c(oc-2c1)/C(=C/c1cc2c4ccccc4n(C)c2cc1OC)CCC3. The van der Waals surface area contributed by atoms with Gasteiger partial charge >= 0.3 is 5.97 Å². The van der Waals surface area contributed by atoms with E-state index in [1.165, 1.54) is 16.3 Å². The lowest BCUT2D eigenvalue weighted by Crippen LogP contribution is -2.29. The number of para-hydroxylation sites is 1. The van der Waals surface area contributed by atoms with E-state index in [-0.39, 0.29) is 0 Å². The minimum absolute atomic E-state index is 0.291. The first-order valence-corrected chi connectivity index (χ1v) is 15.7. The number of hydrogen-bond donors (Lipinski definition) is 1. The molecule has 45 heavy (non-hydrogen) atoms. The summed E-state index contributed by atoms with van der Waals surface area (Å²) in [6, 6.07) is 26.4. The van der Waals surface area contributed by atoms with Crippen LogP contribution >= 0.6 is 0 Å². The van der Waals surface area contributed by atoms with Crippen molar-refractivity contribution in [1.29, 1.82) is 0 Å². The zero-order chi connectivity index (χ0) is 31.2. The van der Waals surface area contributed by atoms with Crippen LogP contribution in [0.3, 0.4) is 0 Å². The average molecular weight is 598 g/mol. The van der Waals surface area contributed by atoms with Gasteiger partial charge in [0.15, 0.2) is 0 Å². The number of allylic oxidation sites excluding steroid dienone is 1. The van der Waals surface area contributed by atoms with Crippen LogP contribution in [0.5, 0.6) is 5.75 Å². The van der Waals surface area contributed by atoms with E-state index in [1.807, 2.05) is 12.1 Å². The summed E-state index contributed by atoms with van der Waals surface area (Å²) in [4.78, 5) is 12.4. The van der Waals surface area contributed by atoms with Crippen LogP contribution in [0.1, 0.15) is 53.9 Å². The molecule has 0 saturated heterocycles. The number of benzene rings is 4. The van der Waals surface area contributed by atoms with Gasteiger partial charge in [-0.05, 0) is 74.6 Å². The van der Waals surface area contributed by atoms with Crippen LogP contribution in [0.25, 0.3) is 55.9 Å². The first kappa shape index (κ1) is 28.7. The molecule has 0 spiro atoms. The largest absolute Gasteiger partial charge is 0.496 e. The van der Waals surface area contributed by atoms with Crippen molar-refractivity contribution in [1.82, 2.24) is 9.14 Å². The maximum atomic E-state index is 12.4. The lowest BCUT2D eigenvalue weighted by Gasteiger charge is -2.25. The summed E-state index contributed by atoms with van der Waals surface area (Å²) in [6.07, 6.45) is 4.77. The molecule has 3 aliphatic rings. The van der Waals surface area contributed by atoms with Crippen LogP contribution in [0, 0.1) is 0 Å². The zero-order valence-corrected chi connectivity index (χ0v) is 26.2. The van der Waals surface area contributed by atoms with Crippen molar-refractivity contribution in [2.45, 2.75) is 33.1 Å². The van der Waals surface area contributed by atoms with Crippen molar-refractivity contribution < 1.29 is 19.1 Å². The van der Waals surface area contributed by atoms with Gasteiger partial charge in [-0.3, -0.25) is 0 Å². The van der Waals surface area contributed by atoms with Crippen LogP contribution in [-0.4, -0.2) is 35.8 Å². The number of aromatic nitrogens is 1.